The Morgan fingerprint density at radius 2 is 1.71 bits per heavy atom. The first kappa shape index (κ1) is 10.2. The minimum Gasteiger partial charge on any atom is -0.298 e. The predicted octanol–water partition coefficient (Wildman–Crippen LogP) is 3.23. The van der Waals surface area contributed by atoms with Crippen molar-refractivity contribution in [2.45, 2.75) is 0 Å². The SMILES string of the molecule is O=Cc1cccc2sc3ccccc3c(=O)c12. The van der Waals surface area contributed by atoms with Crippen LogP contribution in [0.25, 0.3) is 20.2 Å². The molecular weight excluding hydrogens is 232 g/mol. The van der Waals surface area contributed by atoms with Crippen molar-refractivity contribution in [3.63, 3.8) is 0 Å². The lowest BCUT2D eigenvalue weighted by molar-refractivity contribution is 0.112. The molecule has 0 bridgehead atoms. The van der Waals surface area contributed by atoms with Crippen LogP contribution >= 0.6 is 11.3 Å². The average Bonchev–Trinajstić information content (AvgIpc) is 2.38. The third-order valence-electron chi connectivity index (χ3n) is 2.76. The van der Waals surface area contributed by atoms with Crippen LogP contribution in [0.1, 0.15) is 10.4 Å². The quantitative estimate of drug-likeness (QED) is 0.483. The number of benzene rings is 2. The first-order chi connectivity index (χ1) is 8.31. The fraction of sp³-hybridized carbons (Fsp3) is 0. The van der Waals surface area contributed by atoms with Crippen molar-refractivity contribution in [1.29, 1.82) is 0 Å². The van der Waals surface area contributed by atoms with Crippen molar-refractivity contribution in [2.24, 2.45) is 0 Å². The van der Waals surface area contributed by atoms with E-state index in [1.807, 2.05) is 24.3 Å². The van der Waals surface area contributed by atoms with Gasteiger partial charge in [0.2, 0.25) is 0 Å². The van der Waals surface area contributed by atoms with Crippen LogP contribution in [0, 0.1) is 0 Å². The topological polar surface area (TPSA) is 34.1 Å². The summed E-state index contributed by atoms with van der Waals surface area (Å²) in [6.07, 6.45) is 0.741. The molecule has 0 radical (unpaired) electrons. The Labute approximate surface area is 101 Å². The van der Waals surface area contributed by atoms with Crippen LogP contribution in [0.15, 0.2) is 47.3 Å². The molecule has 82 valence electrons. The Balaban J connectivity index is 2.65. The van der Waals surface area contributed by atoms with Gasteiger partial charge in [0.05, 0.1) is 5.39 Å². The predicted molar refractivity (Wildman–Crippen MR) is 71.0 cm³/mol. The van der Waals surface area contributed by atoms with E-state index in [9.17, 15) is 9.59 Å². The monoisotopic (exact) mass is 240 g/mol. The molecule has 1 heterocycles. The summed E-state index contributed by atoms with van der Waals surface area (Å²) in [7, 11) is 0. The van der Waals surface area contributed by atoms with Crippen LogP contribution < -0.4 is 5.43 Å². The number of carbonyl (C=O) groups is 1. The summed E-state index contributed by atoms with van der Waals surface area (Å²) in [6.45, 7) is 0. The molecule has 3 rings (SSSR count). The lowest BCUT2D eigenvalue weighted by Crippen LogP contribution is -2.03. The van der Waals surface area contributed by atoms with Crippen LogP contribution in [0.2, 0.25) is 0 Å². The smallest absolute Gasteiger partial charge is 0.196 e. The maximum atomic E-state index is 12.3. The summed E-state index contributed by atoms with van der Waals surface area (Å²) in [5.41, 5.74) is 0.409. The number of hydrogen-bond acceptors (Lipinski definition) is 3. The number of carbonyl (C=O) groups excluding carboxylic acids is 1. The van der Waals surface area contributed by atoms with E-state index in [0.717, 1.165) is 15.7 Å². The molecule has 0 atom stereocenters. The van der Waals surface area contributed by atoms with E-state index >= 15 is 0 Å². The molecule has 0 aliphatic carbocycles. The summed E-state index contributed by atoms with van der Waals surface area (Å²) in [4.78, 5) is 23.3. The van der Waals surface area contributed by atoms with Crippen LogP contribution in [0.4, 0.5) is 0 Å². The van der Waals surface area contributed by atoms with Gasteiger partial charge in [0.25, 0.3) is 0 Å². The molecule has 1 aromatic heterocycles. The fourth-order valence-corrected chi connectivity index (χ4v) is 3.08. The standard InChI is InChI=1S/C14H8O2S/c15-8-9-4-3-7-12-13(9)14(16)10-5-1-2-6-11(10)17-12/h1-8H. The first-order valence-electron chi connectivity index (χ1n) is 5.21. The Morgan fingerprint density at radius 1 is 0.941 bits per heavy atom. The Bertz CT molecular complexity index is 787. The third-order valence-corrected chi connectivity index (χ3v) is 3.90. The lowest BCUT2D eigenvalue weighted by Gasteiger charge is -2.02. The summed E-state index contributed by atoms with van der Waals surface area (Å²) in [6, 6.07) is 12.8. The first-order valence-corrected chi connectivity index (χ1v) is 6.02. The molecule has 0 unspecified atom stereocenters. The maximum absolute atomic E-state index is 12.3. The zero-order valence-electron chi connectivity index (χ0n) is 8.84. The largest absolute Gasteiger partial charge is 0.298 e. The number of fused-ring (bicyclic) bond motifs is 2. The fourth-order valence-electron chi connectivity index (χ4n) is 1.97. The third kappa shape index (κ3) is 1.47. The van der Waals surface area contributed by atoms with Crippen LogP contribution in [0.3, 0.4) is 0 Å². The molecule has 0 amide bonds. The molecule has 0 fully saturated rings. The van der Waals surface area contributed by atoms with E-state index < -0.39 is 0 Å². The van der Waals surface area contributed by atoms with E-state index in [2.05, 4.69) is 0 Å². The number of aldehydes is 1. The number of rotatable bonds is 1. The van der Waals surface area contributed by atoms with Gasteiger partial charge in [-0.05, 0) is 18.2 Å². The Kier molecular flexibility index (Phi) is 2.27. The molecule has 2 nitrogen and oxygen atoms in total. The minimum atomic E-state index is -0.0583. The second-order valence-electron chi connectivity index (χ2n) is 3.77. The second kappa shape index (κ2) is 3.79. The number of hydrogen-bond donors (Lipinski definition) is 0. The lowest BCUT2D eigenvalue weighted by atomic mass is 10.1. The summed E-state index contributed by atoms with van der Waals surface area (Å²) >= 11 is 1.54. The second-order valence-corrected chi connectivity index (χ2v) is 4.85. The zero-order chi connectivity index (χ0) is 11.8. The highest BCUT2D eigenvalue weighted by Gasteiger charge is 2.08. The van der Waals surface area contributed by atoms with Gasteiger partial charge in [-0.25, -0.2) is 0 Å². The van der Waals surface area contributed by atoms with Gasteiger partial charge >= 0.3 is 0 Å². The van der Waals surface area contributed by atoms with Crippen molar-refractivity contribution >= 4 is 37.8 Å². The molecule has 0 aliphatic heterocycles. The van der Waals surface area contributed by atoms with Gasteiger partial charge < -0.3 is 0 Å². The molecule has 0 spiro atoms. The van der Waals surface area contributed by atoms with Crippen LogP contribution in [-0.4, -0.2) is 6.29 Å². The molecule has 2 aromatic carbocycles. The molecule has 0 aliphatic rings. The average molecular weight is 240 g/mol. The molecule has 3 heteroatoms. The van der Waals surface area contributed by atoms with Gasteiger partial charge in [-0.15, -0.1) is 11.3 Å². The molecule has 0 N–H and O–H groups in total. The normalized spacial score (nSPS) is 10.8. The van der Waals surface area contributed by atoms with Crippen molar-refractivity contribution in [3.8, 4) is 0 Å². The summed E-state index contributed by atoms with van der Waals surface area (Å²) in [5, 5.41) is 1.21. The van der Waals surface area contributed by atoms with Crippen molar-refractivity contribution < 1.29 is 4.79 Å². The zero-order valence-corrected chi connectivity index (χ0v) is 9.66. The van der Waals surface area contributed by atoms with Crippen molar-refractivity contribution in [2.75, 3.05) is 0 Å². The molecular formula is C14H8O2S. The van der Waals surface area contributed by atoms with Crippen molar-refractivity contribution in [3.05, 3.63) is 58.3 Å². The highest BCUT2D eigenvalue weighted by atomic mass is 32.1. The van der Waals surface area contributed by atoms with Gasteiger partial charge in [0.15, 0.2) is 11.7 Å². The molecule has 3 aromatic rings. The van der Waals surface area contributed by atoms with E-state index in [-0.39, 0.29) is 5.43 Å². The van der Waals surface area contributed by atoms with Crippen LogP contribution in [-0.2, 0) is 0 Å². The maximum Gasteiger partial charge on any atom is 0.196 e. The summed E-state index contributed by atoms with van der Waals surface area (Å²) in [5.74, 6) is 0. The van der Waals surface area contributed by atoms with Gasteiger partial charge in [-0.2, -0.15) is 0 Å². The van der Waals surface area contributed by atoms with Crippen molar-refractivity contribution in [1.82, 2.24) is 0 Å². The Hall–Kier alpha value is -2.00. The minimum absolute atomic E-state index is 0.0583. The highest BCUT2D eigenvalue weighted by molar-refractivity contribution is 7.24. The van der Waals surface area contributed by atoms with E-state index in [4.69, 9.17) is 0 Å². The van der Waals surface area contributed by atoms with E-state index in [1.165, 1.54) is 11.3 Å². The molecule has 0 saturated heterocycles. The highest BCUT2D eigenvalue weighted by Crippen LogP contribution is 2.25. The molecule has 17 heavy (non-hydrogen) atoms. The van der Waals surface area contributed by atoms with E-state index in [0.29, 0.717) is 16.3 Å². The van der Waals surface area contributed by atoms with E-state index in [1.54, 1.807) is 18.2 Å². The van der Waals surface area contributed by atoms with Gasteiger partial charge in [-0.3, -0.25) is 9.59 Å². The van der Waals surface area contributed by atoms with Crippen LogP contribution in [0.5, 0.6) is 0 Å². The Morgan fingerprint density at radius 3 is 2.53 bits per heavy atom. The van der Waals surface area contributed by atoms with Gasteiger partial charge in [-0.1, -0.05) is 24.3 Å². The summed E-state index contributed by atoms with van der Waals surface area (Å²) < 4.78 is 1.81. The van der Waals surface area contributed by atoms with Gasteiger partial charge in [0, 0.05) is 20.3 Å². The molecule has 0 saturated carbocycles. The van der Waals surface area contributed by atoms with Gasteiger partial charge in [0.1, 0.15) is 0 Å².